The fourth-order valence-electron chi connectivity index (χ4n) is 4.68. The van der Waals surface area contributed by atoms with Crippen LogP contribution in [-0.2, 0) is 13.0 Å². The molecule has 1 aromatic heterocycles. The minimum atomic E-state index is -1.14. The summed E-state index contributed by atoms with van der Waals surface area (Å²) in [5, 5.41) is 15.5. The van der Waals surface area contributed by atoms with Crippen molar-refractivity contribution in [2.75, 3.05) is 11.9 Å². The molecule has 1 fully saturated rings. The molecule has 0 radical (unpaired) electrons. The van der Waals surface area contributed by atoms with Crippen molar-refractivity contribution in [1.29, 1.82) is 0 Å². The Bertz CT molecular complexity index is 1190. The van der Waals surface area contributed by atoms with E-state index in [1.807, 2.05) is 28.8 Å². The lowest BCUT2D eigenvalue weighted by molar-refractivity contribution is 0.0933. The number of nitrogens with one attached hydrogen (secondary N) is 2. The van der Waals surface area contributed by atoms with E-state index in [9.17, 15) is 14.4 Å². The van der Waals surface area contributed by atoms with Crippen LogP contribution in [0.5, 0.6) is 0 Å². The molecule has 8 nitrogen and oxygen atoms in total. The molecule has 0 spiro atoms. The number of rotatable bonds is 8. The van der Waals surface area contributed by atoms with Crippen LogP contribution in [0.15, 0.2) is 48.5 Å². The second-order valence-corrected chi connectivity index (χ2v) is 8.91. The number of aromatic nitrogens is 1. The van der Waals surface area contributed by atoms with E-state index in [0.717, 1.165) is 29.3 Å². The fraction of sp³-hybridized carbons (Fsp3) is 0.346. The molecule has 1 aliphatic carbocycles. The second kappa shape index (κ2) is 10.4. The number of carbonyl (C=O) groups is 3. The van der Waals surface area contributed by atoms with Crippen molar-refractivity contribution in [3.05, 3.63) is 65.4 Å². The number of aryl methyl sites for hydroxylation is 2. The summed E-state index contributed by atoms with van der Waals surface area (Å²) in [5.41, 5.74) is 8.55. The first kappa shape index (κ1) is 23.4. The van der Waals surface area contributed by atoms with E-state index in [-0.39, 0.29) is 5.91 Å². The number of carbonyl (C=O) groups excluding carboxylic acids is 2. The van der Waals surface area contributed by atoms with Gasteiger partial charge >= 0.3 is 6.09 Å². The first-order chi connectivity index (χ1) is 16.4. The summed E-state index contributed by atoms with van der Waals surface area (Å²) < 4.78 is 1.93. The van der Waals surface area contributed by atoms with Crippen molar-refractivity contribution in [3.8, 4) is 0 Å². The molecule has 0 aliphatic heterocycles. The smallest absolute Gasteiger partial charge is 0.409 e. The number of amides is 3. The highest BCUT2D eigenvalue weighted by Gasteiger charge is 2.19. The highest BCUT2D eigenvalue weighted by Crippen LogP contribution is 2.26. The zero-order chi connectivity index (χ0) is 24.1. The largest absolute Gasteiger partial charge is 0.465 e. The third-order valence-electron chi connectivity index (χ3n) is 6.53. The maximum atomic E-state index is 13.2. The van der Waals surface area contributed by atoms with Crippen LogP contribution >= 0.6 is 0 Å². The van der Waals surface area contributed by atoms with E-state index in [1.54, 1.807) is 24.3 Å². The quantitative estimate of drug-likeness (QED) is 0.396. The molecule has 5 N–H and O–H groups in total. The predicted octanol–water partition coefficient (Wildman–Crippen LogP) is 4.38. The van der Waals surface area contributed by atoms with Gasteiger partial charge in [-0.1, -0.05) is 37.5 Å². The number of nitrogens with two attached hydrogens (primary N) is 1. The Balaban J connectivity index is 1.59. The van der Waals surface area contributed by atoms with E-state index in [1.165, 1.54) is 19.3 Å². The average Bonchev–Trinajstić information content (AvgIpc) is 3.19. The van der Waals surface area contributed by atoms with Crippen LogP contribution in [0.25, 0.3) is 10.9 Å². The lowest BCUT2D eigenvalue weighted by Gasteiger charge is -2.22. The Morgan fingerprint density at radius 3 is 2.41 bits per heavy atom. The van der Waals surface area contributed by atoms with Gasteiger partial charge in [0.1, 0.15) is 5.69 Å². The van der Waals surface area contributed by atoms with Crippen LogP contribution < -0.4 is 16.4 Å². The number of nitrogens with zero attached hydrogens (tertiary/aromatic N) is 1. The molecule has 4 rings (SSSR count). The van der Waals surface area contributed by atoms with Crippen LogP contribution in [0.1, 0.15) is 58.5 Å². The number of hydrogen-bond donors (Lipinski definition) is 4. The molecule has 1 heterocycles. The molecule has 2 aromatic carbocycles. The lowest BCUT2D eigenvalue weighted by atomic mass is 9.89. The van der Waals surface area contributed by atoms with Crippen LogP contribution in [0.4, 0.5) is 10.5 Å². The monoisotopic (exact) mass is 462 g/mol. The first-order valence-electron chi connectivity index (χ1n) is 11.7. The number of primary amides is 1. The van der Waals surface area contributed by atoms with Crippen LogP contribution in [0, 0.1) is 5.92 Å². The number of carboxylic acid groups (broad SMARTS) is 1. The molecule has 0 atom stereocenters. The fourth-order valence-corrected chi connectivity index (χ4v) is 4.68. The third kappa shape index (κ3) is 5.57. The lowest BCUT2D eigenvalue weighted by Crippen LogP contribution is -2.31. The standard InChI is InChI=1S/C26H30N4O4/c27-24(31)19-8-6-17(7-9-19)12-13-30-22-15-21(29-26(33)34)11-10-20(22)14-23(30)25(32)28-16-18-4-2-1-3-5-18/h6-11,14-15,18,29H,1-5,12-13,16H2,(H2,27,31)(H,28,32)(H,33,34). The maximum Gasteiger partial charge on any atom is 0.409 e. The summed E-state index contributed by atoms with van der Waals surface area (Å²) in [4.78, 5) is 35.6. The Hall–Kier alpha value is -3.81. The van der Waals surface area contributed by atoms with Crippen molar-refractivity contribution in [3.63, 3.8) is 0 Å². The number of fused-ring (bicyclic) bond motifs is 1. The highest BCUT2D eigenvalue weighted by atomic mass is 16.4. The number of benzene rings is 2. The average molecular weight is 463 g/mol. The number of anilines is 1. The van der Waals surface area contributed by atoms with Crippen LogP contribution in [0.2, 0.25) is 0 Å². The highest BCUT2D eigenvalue weighted by molar-refractivity contribution is 6.00. The molecule has 0 bridgehead atoms. The summed E-state index contributed by atoms with van der Waals surface area (Å²) in [6, 6.07) is 14.2. The topological polar surface area (TPSA) is 126 Å². The summed E-state index contributed by atoms with van der Waals surface area (Å²) in [6.07, 6.45) is 5.48. The summed E-state index contributed by atoms with van der Waals surface area (Å²) in [7, 11) is 0. The van der Waals surface area contributed by atoms with Crippen LogP contribution in [-0.4, -0.2) is 34.1 Å². The minimum Gasteiger partial charge on any atom is -0.465 e. The Morgan fingerprint density at radius 1 is 1.00 bits per heavy atom. The minimum absolute atomic E-state index is 0.126. The summed E-state index contributed by atoms with van der Waals surface area (Å²) in [5.74, 6) is -0.0809. The normalized spacial score (nSPS) is 14.1. The predicted molar refractivity (Wildman–Crippen MR) is 131 cm³/mol. The molecular formula is C26H30N4O4. The molecule has 3 aromatic rings. The zero-order valence-corrected chi connectivity index (χ0v) is 19.0. The van der Waals surface area contributed by atoms with E-state index in [4.69, 9.17) is 10.8 Å². The van der Waals surface area contributed by atoms with Crippen molar-refractivity contribution in [1.82, 2.24) is 9.88 Å². The molecule has 0 unspecified atom stereocenters. The van der Waals surface area contributed by atoms with Gasteiger partial charge in [0.15, 0.2) is 0 Å². The molecular weight excluding hydrogens is 432 g/mol. The maximum absolute atomic E-state index is 13.2. The van der Waals surface area contributed by atoms with Gasteiger partial charge in [-0.05, 0) is 61.1 Å². The van der Waals surface area contributed by atoms with Gasteiger partial charge in [0, 0.05) is 29.7 Å². The second-order valence-electron chi connectivity index (χ2n) is 8.91. The molecule has 3 amide bonds. The van der Waals surface area contributed by atoms with Gasteiger partial charge < -0.3 is 20.7 Å². The van der Waals surface area contributed by atoms with Crippen molar-refractivity contribution < 1.29 is 19.5 Å². The van der Waals surface area contributed by atoms with Crippen molar-refractivity contribution >= 4 is 34.5 Å². The third-order valence-corrected chi connectivity index (χ3v) is 6.53. The molecule has 8 heteroatoms. The van der Waals surface area contributed by atoms with Crippen molar-refractivity contribution in [2.45, 2.75) is 45.1 Å². The van der Waals surface area contributed by atoms with Gasteiger partial charge in [0.2, 0.25) is 5.91 Å². The summed E-state index contributed by atoms with van der Waals surface area (Å²) in [6.45, 7) is 1.18. The van der Waals surface area contributed by atoms with Gasteiger partial charge in [0.05, 0.1) is 5.52 Å². The van der Waals surface area contributed by atoms with Gasteiger partial charge in [-0.15, -0.1) is 0 Å². The zero-order valence-electron chi connectivity index (χ0n) is 19.0. The molecule has 0 saturated heterocycles. The number of hydrogen-bond acceptors (Lipinski definition) is 3. The van der Waals surface area contributed by atoms with Gasteiger partial charge in [-0.3, -0.25) is 14.9 Å². The molecule has 1 aliphatic rings. The first-order valence-corrected chi connectivity index (χ1v) is 11.7. The summed E-state index contributed by atoms with van der Waals surface area (Å²) >= 11 is 0. The van der Waals surface area contributed by atoms with E-state index >= 15 is 0 Å². The Kier molecular flexibility index (Phi) is 7.15. The molecule has 178 valence electrons. The molecule has 34 heavy (non-hydrogen) atoms. The van der Waals surface area contributed by atoms with Gasteiger partial charge in [0.25, 0.3) is 5.91 Å². The van der Waals surface area contributed by atoms with Gasteiger partial charge in [-0.25, -0.2) is 4.79 Å². The van der Waals surface area contributed by atoms with E-state index in [0.29, 0.717) is 42.4 Å². The van der Waals surface area contributed by atoms with E-state index < -0.39 is 12.0 Å². The van der Waals surface area contributed by atoms with Gasteiger partial charge in [-0.2, -0.15) is 0 Å². The van der Waals surface area contributed by atoms with E-state index in [2.05, 4.69) is 10.6 Å². The SMILES string of the molecule is NC(=O)c1ccc(CCn2c(C(=O)NCC3CCCCC3)cc3ccc(NC(=O)O)cc32)cc1. The Morgan fingerprint density at radius 2 is 1.74 bits per heavy atom. The van der Waals surface area contributed by atoms with Crippen LogP contribution in [0.3, 0.4) is 0 Å². The molecule has 1 saturated carbocycles. The Labute approximate surface area is 198 Å². The van der Waals surface area contributed by atoms with Crippen molar-refractivity contribution in [2.24, 2.45) is 11.7 Å².